The van der Waals surface area contributed by atoms with Crippen molar-refractivity contribution in [3.05, 3.63) is 89.6 Å². The molecule has 1 aliphatic heterocycles. The zero-order valence-corrected chi connectivity index (χ0v) is 18.3. The summed E-state index contributed by atoms with van der Waals surface area (Å²) in [6, 6.07) is 24.2. The number of fused-ring (bicyclic) bond motifs is 2. The Morgan fingerprint density at radius 3 is 2.26 bits per heavy atom. The molecule has 5 nitrogen and oxygen atoms in total. The van der Waals surface area contributed by atoms with Crippen LogP contribution in [0.4, 0.5) is 5.69 Å². The van der Waals surface area contributed by atoms with Gasteiger partial charge in [-0.25, -0.2) is 9.67 Å². The lowest BCUT2D eigenvalue weighted by Crippen LogP contribution is -2.05. The molecule has 0 aliphatic carbocycles. The lowest BCUT2D eigenvalue weighted by Gasteiger charge is -2.09. The Morgan fingerprint density at radius 2 is 1.55 bits per heavy atom. The van der Waals surface area contributed by atoms with E-state index in [-0.39, 0.29) is 0 Å². The second-order valence-electron chi connectivity index (χ2n) is 7.14. The number of aromatic nitrogens is 2. The van der Waals surface area contributed by atoms with Crippen LogP contribution < -0.4 is 9.47 Å². The van der Waals surface area contributed by atoms with Gasteiger partial charge in [0.05, 0.1) is 42.6 Å². The number of aryl methyl sites for hydroxylation is 1. The van der Waals surface area contributed by atoms with Crippen LogP contribution in [0.15, 0.2) is 87.7 Å². The molecule has 5 rings (SSSR count). The van der Waals surface area contributed by atoms with E-state index < -0.39 is 0 Å². The van der Waals surface area contributed by atoms with Gasteiger partial charge in [0.25, 0.3) is 0 Å². The Bertz CT molecular complexity index is 1280. The fourth-order valence-corrected chi connectivity index (χ4v) is 4.83. The van der Waals surface area contributed by atoms with Crippen molar-refractivity contribution in [2.45, 2.75) is 16.8 Å². The van der Waals surface area contributed by atoms with Gasteiger partial charge in [-0.2, -0.15) is 5.10 Å². The van der Waals surface area contributed by atoms with E-state index in [9.17, 15) is 0 Å². The van der Waals surface area contributed by atoms with Crippen molar-refractivity contribution in [1.29, 1.82) is 0 Å². The van der Waals surface area contributed by atoms with Crippen molar-refractivity contribution < 1.29 is 9.47 Å². The number of ether oxygens (including phenoxy) is 2. The molecule has 4 aromatic rings. The quantitative estimate of drug-likeness (QED) is 0.362. The Kier molecular flexibility index (Phi) is 5.00. The zero-order valence-electron chi connectivity index (χ0n) is 17.5. The standard InChI is InChI=1S/C25H21N3O2S/c1-16-23-24(17-9-11-19(29-2)12-10-17)26-21-14-13-20(30-3)15-22(21)31-25(23)28(27-16)18-7-5-4-6-8-18/h4-15H,1-3H3. The van der Waals surface area contributed by atoms with Crippen LogP contribution in [-0.4, -0.2) is 29.7 Å². The first-order valence-electron chi connectivity index (χ1n) is 9.92. The van der Waals surface area contributed by atoms with Gasteiger partial charge in [-0.3, -0.25) is 0 Å². The number of nitrogens with zero attached hydrogens (tertiary/aromatic N) is 3. The predicted molar refractivity (Wildman–Crippen MR) is 124 cm³/mol. The lowest BCUT2D eigenvalue weighted by atomic mass is 10.0. The minimum absolute atomic E-state index is 0.804. The van der Waals surface area contributed by atoms with Crippen LogP contribution in [0.3, 0.4) is 0 Å². The number of benzene rings is 3. The first-order valence-corrected chi connectivity index (χ1v) is 10.7. The third-order valence-electron chi connectivity index (χ3n) is 5.22. The molecular formula is C25H21N3O2S. The predicted octanol–water partition coefficient (Wildman–Crippen LogP) is 5.83. The van der Waals surface area contributed by atoms with E-state index >= 15 is 0 Å². The highest BCUT2D eigenvalue weighted by atomic mass is 32.2. The molecule has 1 aromatic heterocycles. The number of rotatable bonds is 4. The number of aliphatic imine (C=N–C) groups is 1. The summed E-state index contributed by atoms with van der Waals surface area (Å²) >= 11 is 1.66. The van der Waals surface area contributed by atoms with Gasteiger partial charge < -0.3 is 9.47 Å². The van der Waals surface area contributed by atoms with Crippen molar-refractivity contribution in [3.63, 3.8) is 0 Å². The minimum atomic E-state index is 0.804. The SMILES string of the molecule is COc1ccc(C2=Nc3ccc(OC)cc3Sc3c2c(C)nn3-c2ccccc2)cc1. The third kappa shape index (κ3) is 3.49. The van der Waals surface area contributed by atoms with Gasteiger partial charge in [0, 0.05) is 10.5 Å². The number of hydrogen-bond acceptors (Lipinski definition) is 5. The topological polar surface area (TPSA) is 48.6 Å². The van der Waals surface area contributed by atoms with E-state index in [1.165, 1.54) is 0 Å². The second kappa shape index (κ2) is 7.96. The molecule has 0 bridgehead atoms. The lowest BCUT2D eigenvalue weighted by molar-refractivity contribution is 0.414. The van der Waals surface area contributed by atoms with Crippen molar-refractivity contribution in [1.82, 2.24) is 9.78 Å². The second-order valence-corrected chi connectivity index (χ2v) is 8.17. The first-order chi connectivity index (χ1) is 15.2. The van der Waals surface area contributed by atoms with Gasteiger partial charge >= 0.3 is 0 Å². The van der Waals surface area contributed by atoms with Gasteiger partial charge in [-0.05, 0) is 61.5 Å². The Balaban J connectivity index is 1.77. The van der Waals surface area contributed by atoms with Crippen LogP contribution in [0.5, 0.6) is 11.5 Å². The van der Waals surface area contributed by atoms with Crippen LogP contribution in [-0.2, 0) is 0 Å². The average Bonchev–Trinajstić information content (AvgIpc) is 3.03. The van der Waals surface area contributed by atoms with Crippen LogP contribution in [0.25, 0.3) is 5.69 Å². The highest BCUT2D eigenvalue weighted by molar-refractivity contribution is 7.99. The molecule has 0 fully saturated rings. The molecule has 1 aliphatic rings. The Hall–Kier alpha value is -3.51. The summed E-state index contributed by atoms with van der Waals surface area (Å²) < 4.78 is 12.8. The van der Waals surface area contributed by atoms with Crippen molar-refractivity contribution in [2.24, 2.45) is 4.99 Å². The summed E-state index contributed by atoms with van der Waals surface area (Å²) in [4.78, 5) is 6.12. The summed E-state index contributed by atoms with van der Waals surface area (Å²) in [5.74, 6) is 1.62. The third-order valence-corrected chi connectivity index (χ3v) is 6.34. The van der Waals surface area contributed by atoms with Crippen LogP contribution >= 0.6 is 11.8 Å². The minimum Gasteiger partial charge on any atom is -0.497 e. The highest BCUT2D eigenvalue weighted by Gasteiger charge is 2.27. The average molecular weight is 428 g/mol. The maximum atomic E-state index is 5.47. The van der Waals surface area contributed by atoms with E-state index in [1.54, 1.807) is 26.0 Å². The number of para-hydroxylation sites is 1. The summed E-state index contributed by atoms with van der Waals surface area (Å²) in [7, 11) is 3.35. The van der Waals surface area contributed by atoms with Crippen molar-refractivity contribution >= 4 is 23.2 Å². The molecule has 0 spiro atoms. The Morgan fingerprint density at radius 1 is 0.839 bits per heavy atom. The van der Waals surface area contributed by atoms with Gasteiger partial charge in [0.1, 0.15) is 16.5 Å². The molecule has 6 heteroatoms. The van der Waals surface area contributed by atoms with Crippen molar-refractivity contribution in [3.8, 4) is 17.2 Å². The first kappa shape index (κ1) is 19.5. The van der Waals surface area contributed by atoms with E-state index in [0.29, 0.717) is 0 Å². The molecule has 2 heterocycles. The molecule has 0 unspecified atom stereocenters. The maximum absolute atomic E-state index is 5.47. The molecule has 0 saturated carbocycles. The number of methoxy groups -OCH3 is 2. The summed E-state index contributed by atoms with van der Waals surface area (Å²) in [5.41, 5.74) is 5.80. The molecule has 0 N–H and O–H groups in total. The van der Waals surface area contributed by atoms with Crippen molar-refractivity contribution in [2.75, 3.05) is 14.2 Å². The smallest absolute Gasteiger partial charge is 0.120 e. The van der Waals surface area contributed by atoms with Gasteiger partial charge in [-0.15, -0.1) is 0 Å². The fourth-order valence-electron chi connectivity index (χ4n) is 3.65. The largest absolute Gasteiger partial charge is 0.497 e. The highest BCUT2D eigenvalue weighted by Crippen LogP contribution is 2.44. The van der Waals surface area contributed by atoms with E-state index in [1.807, 2.05) is 72.3 Å². The van der Waals surface area contributed by atoms with E-state index in [4.69, 9.17) is 19.6 Å². The van der Waals surface area contributed by atoms with Crippen LogP contribution in [0, 0.1) is 6.92 Å². The number of hydrogen-bond donors (Lipinski definition) is 0. The van der Waals surface area contributed by atoms with Gasteiger partial charge in [0.2, 0.25) is 0 Å². The molecule has 0 atom stereocenters. The van der Waals surface area contributed by atoms with Gasteiger partial charge in [-0.1, -0.05) is 30.0 Å². The Labute approximate surface area is 185 Å². The fraction of sp³-hybridized carbons (Fsp3) is 0.120. The summed E-state index contributed by atoms with van der Waals surface area (Å²) in [6.07, 6.45) is 0. The maximum Gasteiger partial charge on any atom is 0.120 e. The molecule has 0 radical (unpaired) electrons. The molecule has 154 valence electrons. The van der Waals surface area contributed by atoms with E-state index in [0.717, 1.165) is 55.3 Å². The molecular weight excluding hydrogens is 406 g/mol. The van der Waals surface area contributed by atoms with E-state index in [2.05, 4.69) is 12.1 Å². The summed E-state index contributed by atoms with van der Waals surface area (Å²) in [6.45, 7) is 2.04. The van der Waals surface area contributed by atoms with Gasteiger partial charge in [0.15, 0.2) is 0 Å². The molecule has 0 saturated heterocycles. The molecule has 0 amide bonds. The monoisotopic (exact) mass is 427 g/mol. The summed E-state index contributed by atoms with van der Waals surface area (Å²) in [5, 5.41) is 5.92. The van der Waals surface area contributed by atoms with Crippen LogP contribution in [0.2, 0.25) is 0 Å². The zero-order chi connectivity index (χ0) is 21.4. The van der Waals surface area contributed by atoms with Crippen LogP contribution in [0.1, 0.15) is 16.8 Å². The molecule has 31 heavy (non-hydrogen) atoms. The molecule has 3 aromatic carbocycles. The normalized spacial score (nSPS) is 12.4.